The van der Waals surface area contributed by atoms with E-state index in [1.807, 2.05) is 37.8 Å². The largest absolute Gasteiger partial charge is 0.352 e. The predicted molar refractivity (Wildman–Crippen MR) is 174 cm³/mol. The van der Waals surface area contributed by atoms with Gasteiger partial charge in [0.1, 0.15) is 11.3 Å². The van der Waals surface area contributed by atoms with Crippen LogP contribution in [0.1, 0.15) is 45.1 Å². The Kier molecular flexibility index (Phi) is 7.45. The maximum absolute atomic E-state index is 16.9. The van der Waals surface area contributed by atoms with Gasteiger partial charge >= 0.3 is 0 Å². The Morgan fingerprint density at radius 2 is 1.84 bits per heavy atom. The molecule has 3 aliphatic rings. The average molecular weight is 617 g/mol. The lowest BCUT2D eigenvalue weighted by Gasteiger charge is -2.44. The summed E-state index contributed by atoms with van der Waals surface area (Å²) in [6, 6.07) is 6.44. The number of halogens is 2. The number of benzene rings is 2. The molecule has 2 saturated heterocycles. The Morgan fingerprint density at radius 1 is 1.11 bits per heavy atom. The topological polar surface area (TPSA) is 93.3 Å². The van der Waals surface area contributed by atoms with E-state index < -0.39 is 5.82 Å². The average Bonchev–Trinajstić information content (AvgIpc) is 3.74. The molecule has 1 aliphatic carbocycles. The summed E-state index contributed by atoms with van der Waals surface area (Å²) < 4.78 is 16.9. The van der Waals surface area contributed by atoms with E-state index in [2.05, 4.69) is 31.9 Å². The molecule has 0 radical (unpaired) electrons. The molecule has 0 unspecified atom stereocenters. The quantitative estimate of drug-likeness (QED) is 0.260. The number of nitrogens with zero attached hydrogens (tertiary/aromatic N) is 6. The van der Waals surface area contributed by atoms with Crippen LogP contribution in [-0.2, 0) is 4.79 Å². The summed E-state index contributed by atoms with van der Waals surface area (Å²) in [5, 5.41) is 12.5. The summed E-state index contributed by atoms with van der Waals surface area (Å²) in [5.41, 5.74) is 2.79. The zero-order chi connectivity index (χ0) is 30.7. The van der Waals surface area contributed by atoms with Crippen LogP contribution < -0.4 is 10.2 Å². The molecule has 7 rings (SSSR count). The molecule has 11 heteroatoms. The number of nitrogens with one attached hydrogen (secondary N) is 2. The third-order valence-electron chi connectivity index (χ3n) is 9.51. The maximum atomic E-state index is 16.9. The van der Waals surface area contributed by atoms with Crippen LogP contribution in [0.15, 0.2) is 37.1 Å². The second-order valence-electron chi connectivity index (χ2n) is 12.6. The molecule has 230 valence electrons. The van der Waals surface area contributed by atoms with Gasteiger partial charge in [-0.25, -0.2) is 9.37 Å². The van der Waals surface area contributed by atoms with Crippen LogP contribution in [0.25, 0.3) is 32.9 Å². The normalized spacial score (nSPS) is 21.8. The van der Waals surface area contributed by atoms with Crippen LogP contribution in [0.3, 0.4) is 0 Å². The summed E-state index contributed by atoms with van der Waals surface area (Å²) in [5.74, 6) is 0.431. The minimum absolute atomic E-state index is 0.0980. The maximum Gasteiger partial charge on any atom is 0.246 e. The summed E-state index contributed by atoms with van der Waals surface area (Å²) in [7, 11) is 0. The fourth-order valence-electron chi connectivity index (χ4n) is 7.22. The van der Waals surface area contributed by atoms with Crippen molar-refractivity contribution in [3.8, 4) is 11.1 Å². The monoisotopic (exact) mass is 616 g/mol. The zero-order valence-corrected chi connectivity index (χ0v) is 26.2. The van der Waals surface area contributed by atoms with Crippen LogP contribution >= 0.6 is 11.6 Å². The van der Waals surface area contributed by atoms with Gasteiger partial charge in [0.15, 0.2) is 5.82 Å². The number of aryl methyl sites for hydroxylation is 1. The highest BCUT2D eigenvalue weighted by Gasteiger charge is 2.35. The number of amides is 1. The van der Waals surface area contributed by atoms with Gasteiger partial charge in [-0.3, -0.25) is 9.89 Å². The van der Waals surface area contributed by atoms with Crippen LogP contribution in [0.2, 0.25) is 5.02 Å². The number of fused-ring (bicyclic) bond motifs is 2. The summed E-state index contributed by atoms with van der Waals surface area (Å²) in [4.78, 5) is 29.0. The number of hydrogen-bond donors (Lipinski definition) is 2. The van der Waals surface area contributed by atoms with Gasteiger partial charge in [-0.2, -0.15) is 10.1 Å². The number of carbonyl (C=O) groups excluding carboxylic acids is 1. The molecule has 4 heterocycles. The van der Waals surface area contributed by atoms with Gasteiger partial charge in [0.2, 0.25) is 11.9 Å². The lowest BCUT2D eigenvalue weighted by Crippen LogP contribution is -2.58. The summed E-state index contributed by atoms with van der Waals surface area (Å²) >= 11 is 6.94. The number of rotatable bonds is 6. The number of aromatic amines is 1. The van der Waals surface area contributed by atoms with Crippen molar-refractivity contribution in [3.05, 3.63) is 53.5 Å². The molecule has 4 aromatic rings. The first kappa shape index (κ1) is 29.0. The molecule has 1 amide bonds. The molecule has 9 nitrogen and oxygen atoms in total. The van der Waals surface area contributed by atoms with Crippen molar-refractivity contribution in [2.75, 3.05) is 36.4 Å². The van der Waals surface area contributed by atoms with Gasteiger partial charge in [-0.15, -0.1) is 0 Å². The first-order chi connectivity index (χ1) is 21.2. The zero-order valence-electron chi connectivity index (χ0n) is 25.4. The molecule has 1 saturated carbocycles. The molecule has 3 fully saturated rings. The Bertz CT molecular complexity index is 1750. The number of aromatic nitrogens is 4. The Balaban J connectivity index is 1.33. The Morgan fingerprint density at radius 3 is 2.52 bits per heavy atom. The van der Waals surface area contributed by atoms with Crippen molar-refractivity contribution in [2.24, 2.45) is 0 Å². The van der Waals surface area contributed by atoms with Gasteiger partial charge in [0.05, 0.1) is 16.7 Å². The van der Waals surface area contributed by atoms with E-state index >= 15 is 4.39 Å². The molecule has 0 spiro atoms. The van der Waals surface area contributed by atoms with Gasteiger partial charge in [-0.1, -0.05) is 30.3 Å². The number of H-pyrrole nitrogens is 1. The fraction of sp³-hybridized carbons (Fsp3) is 0.455. The molecule has 2 aromatic heterocycles. The van der Waals surface area contributed by atoms with Crippen molar-refractivity contribution >= 4 is 51.1 Å². The number of piperidine rings is 1. The van der Waals surface area contributed by atoms with Gasteiger partial charge in [-0.05, 0) is 64.2 Å². The molecule has 2 atom stereocenters. The van der Waals surface area contributed by atoms with Crippen LogP contribution in [0.4, 0.5) is 16.2 Å². The number of piperazine rings is 1. The number of likely N-dealkylation sites (tertiary alicyclic amines) is 1. The summed E-state index contributed by atoms with van der Waals surface area (Å²) in [6.45, 7) is 12.8. The van der Waals surface area contributed by atoms with E-state index in [-0.39, 0.29) is 34.6 Å². The number of hydrogen-bond acceptors (Lipinski definition) is 7. The minimum atomic E-state index is -0.491. The Labute approximate surface area is 261 Å². The van der Waals surface area contributed by atoms with Gasteiger partial charge < -0.3 is 20.0 Å². The molecule has 44 heavy (non-hydrogen) atoms. The van der Waals surface area contributed by atoms with Crippen molar-refractivity contribution in [1.82, 2.24) is 30.0 Å². The molecule has 2 aromatic carbocycles. The van der Waals surface area contributed by atoms with E-state index in [0.29, 0.717) is 41.4 Å². The molecular formula is C33H38ClFN8O. The lowest BCUT2D eigenvalue weighted by atomic mass is 9.96. The van der Waals surface area contributed by atoms with E-state index in [0.717, 1.165) is 48.4 Å². The second kappa shape index (κ2) is 11.3. The second-order valence-corrected chi connectivity index (χ2v) is 13.1. The van der Waals surface area contributed by atoms with Crippen LogP contribution in [0, 0.1) is 12.7 Å². The van der Waals surface area contributed by atoms with Crippen molar-refractivity contribution in [1.29, 1.82) is 0 Å². The van der Waals surface area contributed by atoms with E-state index in [1.54, 1.807) is 12.3 Å². The molecule has 0 bridgehead atoms. The van der Waals surface area contributed by atoms with E-state index in [1.165, 1.54) is 18.9 Å². The first-order valence-electron chi connectivity index (χ1n) is 15.6. The lowest BCUT2D eigenvalue weighted by molar-refractivity contribution is -0.130. The molecule has 2 aliphatic heterocycles. The number of anilines is 2. The fourth-order valence-corrected chi connectivity index (χ4v) is 7.51. The van der Waals surface area contributed by atoms with Crippen LogP contribution in [0.5, 0.6) is 0 Å². The molecular weight excluding hydrogens is 579 g/mol. The highest BCUT2D eigenvalue weighted by atomic mass is 35.5. The van der Waals surface area contributed by atoms with Crippen molar-refractivity contribution in [2.45, 2.75) is 70.6 Å². The van der Waals surface area contributed by atoms with Gasteiger partial charge in [0, 0.05) is 72.2 Å². The summed E-state index contributed by atoms with van der Waals surface area (Å²) in [6.07, 6.45) is 7.65. The number of carbonyl (C=O) groups is 1. The van der Waals surface area contributed by atoms with Crippen molar-refractivity contribution < 1.29 is 9.18 Å². The van der Waals surface area contributed by atoms with Crippen LogP contribution in [-0.4, -0.2) is 86.2 Å². The van der Waals surface area contributed by atoms with E-state index in [4.69, 9.17) is 21.6 Å². The van der Waals surface area contributed by atoms with Gasteiger partial charge in [0.25, 0.3) is 0 Å². The smallest absolute Gasteiger partial charge is 0.246 e. The highest BCUT2D eigenvalue weighted by Crippen LogP contribution is 2.42. The SMILES string of the molecule is C=CC(=O)N1[C@H](C)CN(c2nc(NC3CCN(C4CC4)CC3)nc3c(F)c(-c4c(C)ccc5cn[nH]c45)c(Cl)cc23)C[C@@H]1C. The standard InChI is InChI=1S/C33H38ClFN8O/c1-5-26(44)43-19(3)16-42(17-20(43)4)32-24-14-25(34)28(27-18(2)6-7-21-15-36-40-30(21)27)29(35)31(24)38-33(39-32)37-22-10-12-41(13-11-22)23-8-9-23/h5-7,14-15,19-20,22-23H,1,8-13,16-17H2,2-4H3,(H,36,40)(H,37,38,39)/t19-,20+. The Hall–Kier alpha value is -3.76. The first-order valence-corrected chi connectivity index (χ1v) is 15.9. The van der Waals surface area contributed by atoms with E-state index in [9.17, 15) is 4.79 Å². The molecule has 2 N–H and O–H groups in total. The highest BCUT2D eigenvalue weighted by molar-refractivity contribution is 6.35. The third kappa shape index (κ3) is 5.07. The minimum Gasteiger partial charge on any atom is -0.352 e. The third-order valence-corrected chi connectivity index (χ3v) is 9.81. The predicted octanol–water partition coefficient (Wildman–Crippen LogP) is 5.92. The van der Waals surface area contributed by atoms with Crippen molar-refractivity contribution in [3.63, 3.8) is 0 Å².